The third-order valence-corrected chi connectivity index (χ3v) is 3.16. The van der Waals surface area contributed by atoms with Gasteiger partial charge in [0.2, 0.25) is 0 Å². The van der Waals surface area contributed by atoms with Crippen molar-refractivity contribution in [1.82, 2.24) is 5.32 Å². The molecule has 3 heteroatoms. The molecule has 2 rings (SSSR count). The van der Waals surface area contributed by atoms with E-state index in [0.29, 0.717) is 6.61 Å². The molecule has 1 aromatic carbocycles. The molecule has 1 aromatic rings. The van der Waals surface area contributed by atoms with E-state index in [4.69, 9.17) is 9.47 Å². The molecule has 1 unspecified atom stereocenters. The summed E-state index contributed by atoms with van der Waals surface area (Å²) >= 11 is 0. The highest BCUT2D eigenvalue weighted by Crippen LogP contribution is 2.26. The van der Waals surface area contributed by atoms with Crippen LogP contribution in [0.4, 0.5) is 0 Å². The Kier molecular flexibility index (Phi) is 4.40. The third-order valence-electron chi connectivity index (χ3n) is 3.16. The van der Waals surface area contributed by atoms with E-state index >= 15 is 0 Å². The van der Waals surface area contributed by atoms with Crippen LogP contribution in [-0.4, -0.2) is 33.4 Å². The van der Waals surface area contributed by atoms with Crippen LogP contribution in [0.2, 0.25) is 0 Å². The fourth-order valence-electron chi connectivity index (χ4n) is 2.36. The van der Waals surface area contributed by atoms with Crippen molar-refractivity contribution in [2.45, 2.75) is 25.4 Å². The molecule has 0 spiro atoms. The Morgan fingerprint density at radius 3 is 2.88 bits per heavy atom. The van der Waals surface area contributed by atoms with Crippen molar-refractivity contribution in [3.05, 3.63) is 29.3 Å². The first-order chi connectivity index (χ1) is 8.33. The summed E-state index contributed by atoms with van der Waals surface area (Å²) in [4.78, 5) is 0. The molecule has 1 N–H and O–H groups in total. The molecule has 0 bridgehead atoms. The van der Waals surface area contributed by atoms with Gasteiger partial charge in [0.1, 0.15) is 11.9 Å². The van der Waals surface area contributed by atoms with Crippen molar-refractivity contribution in [1.29, 1.82) is 0 Å². The topological polar surface area (TPSA) is 30.5 Å². The lowest BCUT2D eigenvalue weighted by atomic mass is 10.1. The standard InChI is InChI=1S/C14H21NO2/c1-15-9-14(10-16-2)17-13-7-6-11-4-3-5-12(11)8-13/h6-8,14-15H,3-5,9-10H2,1-2H3. The Labute approximate surface area is 103 Å². The minimum Gasteiger partial charge on any atom is -0.487 e. The normalized spacial score (nSPS) is 15.6. The van der Waals surface area contributed by atoms with Gasteiger partial charge >= 0.3 is 0 Å². The Morgan fingerprint density at radius 2 is 2.12 bits per heavy atom. The predicted octanol–water partition coefficient (Wildman–Crippen LogP) is 1.79. The van der Waals surface area contributed by atoms with Crippen LogP contribution in [0, 0.1) is 0 Å². The van der Waals surface area contributed by atoms with Gasteiger partial charge in [0.25, 0.3) is 0 Å². The van der Waals surface area contributed by atoms with Crippen LogP contribution < -0.4 is 10.1 Å². The molecule has 17 heavy (non-hydrogen) atoms. The first-order valence-corrected chi connectivity index (χ1v) is 6.25. The molecule has 0 aromatic heterocycles. The number of ether oxygens (including phenoxy) is 2. The van der Waals surface area contributed by atoms with E-state index in [0.717, 1.165) is 12.3 Å². The van der Waals surface area contributed by atoms with Gasteiger partial charge in [0, 0.05) is 13.7 Å². The van der Waals surface area contributed by atoms with Gasteiger partial charge < -0.3 is 14.8 Å². The van der Waals surface area contributed by atoms with Crippen molar-refractivity contribution in [2.75, 3.05) is 27.3 Å². The van der Waals surface area contributed by atoms with Crippen molar-refractivity contribution in [3.8, 4) is 5.75 Å². The maximum absolute atomic E-state index is 5.93. The summed E-state index contributed by atoms with van der Waals surface area (Å²) in [5, 5.41) is 3.12. The molecule has 0 radical (unpaired) electrons. The monoisotopic (exact) mass is 235 g/mol. The summed E-state index contributed by atoms with van der Waals surface area (Å²) in [6.07, 6.45) is 3.75. The van der Waals surface area contributed by atoms with Crippen LogP contribution in [0.3, 0.4) is 0 Å². The second-order valence-electron chi connectivity index (χ2n) is 4.54. The molecule has 0 saturated heterocycles. The van der Waals surface area contributed by atoms with E-state index in [2.05, 4.69) is 23.5 Å². The van der Waals surface area contributed by atoms with E-state index in [1.807, 2.05) is 7.05 Å². The lowest BCUT2D eigenvalue weighted by Gasteiger charge is -2.18. The lowest BCUT2D eigenvalue weighted by molar-refractivity contribution is 0.0818. The number of hydrogen-bond acceptors (Lipinski definition) is 3. The first kappa shape index (κ1) is 12.4. The second-order valence-corrected chi connectivity index (χ2v) is 4.54. The third kappa shape index (κ3) is 3.20. The van der Waals surface area contributed by atoms with Gasteiger partial charge in [0.05, 0.1) is 6.61 Å². The number of likely N-dealkylation sites (N-methyl/N-ethyl adjacent to an activating group) is 1. The van der Waals surface area contributed by atoms with E-state index in [1.165, 1.54) is 30.4 Å². The van der Waals surface area contributed by atoms with Gasteiger partial charge in [-0.2, -0.15) is 0 Å². The Balaban J connectivity index is 2.01. The zero-order valence-electron chi connectivity index (χ0n) is 10.7. The summed E-state index contributed by atoms with van der Waals surface area (Å²) in [5.41, 5.74) is 2.93. The van der Waals surface area contributed by atoms with Gasteiger partial charge in [-0.3, -0.25) is 0 Å². The average molecular weight is 235 g/mol. The largest absolute Gasteiger partial charge is 0.487 e. The van der Waals surface area contributed by atoms with Crippen LogP contribution in [0.1, 0.15) is 17.5 Å². The van der Waals surface area contributed by atoms with Gasteiger partial charge in [-0.15, -0.1) is 0 Å². The van der Waals surface area contributed by atoms with Crippen molar-refractivity contribution >= 4 is 0 Å². The van der Waals surface area contributed by atoms with Gasteiger partial charge in [0.15, 0.2) is 0 Å². The molecule has 0 saturated carbocycles. The summed E-state index contributed by atoms with van der Waals surface area (Å²) in [5.74, 6) is 0.961. The highest BCUT2D eigenvalue weighted by Gasteiger charge is 2.14. The van der Waals surface area contributed by atoms with E-state index in [-0.39, 0.29) is 6.10 Å². The zero-order valence-corrected chi connectivity index (χ0v) is 10.7. The van der Waals surface area contributed by atoms with Crippen molar-refractivity contribution in [2.24, 2.45) is 0 Å². The maximum Gasteiger partial charge on any atom is 0.134 e. The SMILES string of the molecule is CNCC(COC)Oc1ccc2c(c1)CCC2. The Hall–Kier alpha value is -1.06. The number of aryl methyl sites for hydroxylation is 2. The number of methoxy groups -OCH3 is 1. The highest BCUT2D eigenvalue weighted by molar-refractivity contribution is 5.38. The minimum absolute atomic E-state index is 0.0736. The molecular weight excluding hydrogens is 214 g/mol. The van der Waals surface area contributed by atoms with E-state index in [1.54, 1.807) is 7.11 Å². The maximum atomic E-state index is 5.93. The summed E-state index contributed by atoms with van der Waals surface area (Å²) < 4.78 is 11.1. The fraction of sp³-hybridized carbons (Fsp3) is 0.571. The minimum atomic E-state index is 0.0736. The van der Waals surface area contributed by atoms with Gasteiger partial charge in [-0.05, 0) is 49.6 Å². The van der Waals surface area contributed by atoms with Crippen molar-refractivity contribution in [3.63, 3.8) is 0 Å². The number of fused-ring (bicyclic) bond motifs is 1. The predicted molar refractivity (Wildman–Crippen MR) is 68.7 cm³/mol. The van der Waals surface area contributed by atoms with Crippen LogP contribution in [0.5, 0.6) is 5.75 Å². The number of rotatable bonds is 6. The molecular formula is C14H21NO2. The highest BCUT2D eigenvalue weighted by atomic mass is 16.5. The molecule has 1 aliphatic rings. The molecule has 3 nitrogen and oxygen atoms in total. The summed E-state index contributed by atoms with van der Waals surface area (Å²) in [6, 6.07) is 6.45. The number of hydrogen-bond donors (Lipinski definition) is 1. The molecule has 0 fully saturated rings. The fourth-order valence-corrected chi connectivity index (χ4v) is 2.36. The average Bonchev–Trinajstić information content (AvgIpc) is 2.77. The Bertz CT molecular complexity index is 359. The van der Waals surface area contributed by atoms with E-state index < -0.39 is 0 Å². The van der Waals surface area contributed by atoms with Crippen LogP contribution in [-0.2, 0) is 17.6 Å². The molecule has 1 atom stereocenters. The molecule has 0 amide bonds. The van der Waals surface area contributed by atoms with E-state index in [9.17, 15) is 0 Å². The van der Waals surface area contributed by atoms with Crippen LogP contribution >= 0.6 is 0 Å². The molecule has 1 aliphatic carbocycles. The second kappa shape index (κ2) is 6.03. The Morgan fingerprint density at radius 1 is 1.29 bits per heavy atom. The van der Waals surface area contributed by atoms with Crippen molar-refractivity contribution < 1.29 is 9.47 Å². The van der Waals surface area contributed by atoms with Gasteiger partial charge in [-0.1, -0.05) is 6.07 Å². The van der Waals surface area contributed by atoms with Gasteiger partial charge in [-0.25, -0.2) is 0 Å². The summed E-state index contributed by atoms with van der Waals surface area (Å²) in [7, 11) is 3.63. The first-order valence-electron chi connectivity index (χ1n) is 6.25. The number of benzene rings is 1. The quantitative estimate of drug-likeness (QED) is 0.815. The summed E-state index contributed by atoms with van der Waals surface area (Å²) in [6.45, 7) is 1.41. The van der Waals surface area contributed by atoms with Crippen LogP contribution in [0.15, 0.2) is 18.2 Å². The molecule has 0 aliphatic heterocycles. The molecule has 0 heterocycles. The smallest absolute Gasteiger partial charge is 0.134 e. The number of nitrogens with one attached hydrogen (secondary N) is 1. The molecule has 94 valence electrons. The van der Waals surface area contributed by atoms with Crippen LogP contribution in [0.25, 0.3) is 0 Å². The zero-order chi connectivity index (χ0) is 12.1. The lowest BCUT2D eigenvalue weighted by Crippen LogP contribution is -2.33.